The van der Waals surface area contributed by atoms with Gasteiger partial charge in [-0.1, -0.05) is 11.8 Å². The molecule has 2 aromatic rings. The molecule has 4 saturated carbocycles. The first kappa shape index (κ1) is 22.2. The van der Waals surface area contributed by atoms with Crippen molar-refractivity contribution < 1.29 is 19.0 Å². The molecule has 4 bridgehead atoms. The van der Waals surface area contributed by atoms with Gasteiger partial charge in [0.15, 0.2) is 0 Å². The van der Waals surface area contributed by atoms with Crippen molar-refractivity contribution in [2.45, 2.75) is 57.3 Å². The van der Waals surface area contributed by atoms with E-state index in [0.29, 0.717) is 12.2 Å². The minimum Gasteiger partial charge on any atom is -0.441 e. The highest BCUT2D eigenvalue weighted by Gasteiger charge is 2.52. The van der Waals surface area contributed by atoms with Gasteiger partial charge in [-0.05, 0) is 111 Å². The Hall–Kier alpha value is -2.61. The summed E-state index contributed by atoms with van der Waals surface area (Å²) in [5, 5.41) is 0. The Balaban J connectivity index is 1.50. The second kappa shape index (κ2) is 9.33. The van der Waals surface area contributed by atoms with Gasteiger partial charge >= 0.3 is 6.48 Å². The van der Waals surface area contributed by atoms with Crippen LogP contribution in [0.4, 0.5) is 0 Å². The van der Waals surface area contributed by atoms with E-state index >= 15 is 0 Å². The summed E-state index contributed by atoms with van der Waals surface area (Å²) in [6.45, 7) is 1.75. The van der Waals surface area contributed by atoms with E-state index < -0.39 is 6.48 Å². The molecule has 2 aromatic carbocycles. The molecule has 0 aliphatic heterocycles. The molecule has 0 N–H and O–H groups in total. The summed E-state index contributed by atoms with van der Waals surface area (Å²) in [5.74, 6) is 9.91. The van der Waals surface area contributed by atoms with E-state index in [9.17, 15) is 4.79 Å². The van der Waals surface area contributed by atoms with Crippen LogP contribution in [-0.2, 0) is 19.7 Å². The molecule has 4 aliphatic rings. The Bertz CT molecular complexity index is 1020. The maximum absolute atomic E-state index is 10.8. The first-order valence-corrected chi connectivity index (χ1v) is 12.1. The van der Waals surface area contributed by atoms with Crippen molar-refractivity contribution in [1.29, 1.82) is 0 Å². The molecular formula is C29H31O4. The zero-order chi connectivity index (χ0) is 22.8. The number of rotatable bonds is 7. The van der Waals surface area contributed by atoms with E-state index in [1.54, 1.807) is 19.2 Å². The van der Waals surface area contributed by atoms with Gasteiger partial charge in [-0.2, -0.15) is 0 Å². The molecule has 4 heteroatoms. The monoisotopic (exact) mass is 443 g/mol. The van der Waals surface area contributed by atoms with E-state index in [0.717, 1.165) is 34.6 Å². The van der Waals surface area contributed by atoms with Crippen LogP contribution in [0.3, 0.4) is 0 Å². The molecule has 0 heterocycles. The molecule has 0 spiro atoms. The number of ether oxygens (including phenoxy) is 3. The lowest BCUT2D eigenvalue weighted by Crippen LogP contribution is -2.48. The van der Waals surface area contributed by atoms with E-state index in [1.807, 2.05) is 37.5 Å². The van der Waals surface area contributed by atoms with Crippen LogP contribution >= 0.6 is 0 Å². The van der Waals surface area contributed by atoms with Crippen molar-refractivity contribution >= 4 is 6.29 Å². The summed E-state index contributed by atoms with van der Waals surface area (Å²) in [7, 11) is 1.61. The highest BCUT2D eigenvalue weighted by molar-refractivity contribution is 5.75. The second-order valence-electron chi connectivity index (χ2n) is 9.94. The van der Waals surface area contributed by atoms with Crippen LogP contribution in [0.1, 0.15) is 67.7 Å². The standard InChI is InChI=1S/C29H31O4/c1-3-32-28(31-2)33-27-11-10-21(7-4-20-5-8-22(19-30)9-6-20)15-26(27)29-16-23-12-24(17-29)14-25(13-23)18-29/h5-6,8-11,15,23-25,28H,3,12-14,16-18H2,1-2H3. The van der Waals surface area contributed by atoms with Gasteiger partial charge in [-0.3, -0.25) is 4.79 Å². The van der Waals surface area contributed by atoms with Crippen LogP contribution in [-0.4, -0.2) is 26.5 Å². The van der Waals surface area contributed by atoms with Gasteiger partial charge in [0.1, 0.15) is 5.75 Å². The molecule has 0 saturated heterocycles. The molecule has 0 aromatic heterocycles. The lowest BCUT2D eigenvalue weighted by molar-refractivity contribution is -0.231. The molecule has 33 heavy (non-hydrogen) atoms. The Morgan fingerprint density at radius 1 is 0.909 bits per heavy atom. The van der Waals surface area contributed by atoms with Gasteiger partial charge in [0, 0.05) is 29.4 Å². The van der Waals surface area contributed by atoms with E-state index in [2.05, 4.69) is 17.9 Å². The molecule has 171 valence electrons. The van der Waals surface area contributed by atoms with Crippen molar-refractivity contribution in [1.82, 2.24) is 0 Å². The normalized spacial score (nSPS) is 28.1. The van der Waals surface area contributed by atoms with Gasteiger partial charge in [-0.15, -0.1) is 0 Å². The predicted molar refractivity (Wildman–Crippen MR) is 127 cm³/mol. The quantitative estimate of drug-likeness (QED) is 0.427. The first-order valence-electron chi connectivity index (χ1n) is 12.1. The summed E-state index contributed by atoms with van der Waals surface area (Å²) < 4.78 is 17.3. The summed E-state index contributed by atoms with van der Waals surface area (Å²) in [6, 6.07) is 13.5. The third kappa shape index (κ3) is 4.58. The number of carbonyl (C=O) groups excluding carboxylic acids is 1. The lowest BCUT2D eigenvalue weighted by atomic mass is 9.48. The van der Waals surface area contributed by atoms with Crippen LogP contribution in [0.25, 0.3) is 0 Å². The topological polar surface area (TPSA) is 44.8 Å². The van der Waals surface area contributed by atoms with Gasteiger partial charge < -0.3 is 14.2 Å². The fourth-order valence-corrected chi connectivity index (χ4v) is 6.72. The number of benzene rings is 2. The molecule has 1 radical (unpaired) electrons. The number of hydrogen-bond donors (Lipinski definition) is 0. The highest BCUT2D eigenvalue weighted by atomic mass is 16.8. The van der Waals surface area contributed by atoms with Crippen LogP contribution < -0.4 is 4.74 Å². The maximum atomic E-state index is 10.8. The Labute approximate surface area is 196 Å². The van der Waals surface area contributed by atoms with E-state index in [4.69, 9.17) is 14.2 Å². The molecule has 4 aliphatic carbocycles. The number of methoxy groups -OCH3 is 1. The smallest absolute Gasteiger partial charge is 0.315 e. The maximum Gasteiger partial charge on any atom is 0.315 e. The summed E-state index contributed by atoms with van der Waals surface area (Å²) in [4.78, 5) is 10.8. The second-order valence-corrected chi connectivity index (χ2v) is 9.94. The van der Waals surface area contributed by atoms with Gasteiger partial charge in [0.05, 0.1) is 6.61 Å². The van der Waals surface area contributed by atoms with Gasteiger partial charge in [0.2, 0.25) is 6.29 Å². The van der Waals surface area contributed by atoms with Crippen molar-refractivity contribution in [3.05, 3.63) is 64.7 Å². The van der Waals surface area contributed by atoms with Gasteiger partial charge in [0.25, 0.3) is 0 Å². The minimum absolute atomic E-state index is 0.160. The summed E-state index contributed by atoms with van der Waals surface area (Å²) in [6.07, 6.45) is 9.79. The highest BCUT2D eigenvalue weighted by Crippen LogP contribution is 2.62. The van der Waals surface area contributed by atoms with Crippen LogP contribution in [0.15, 0.2) is 42.5 Å². The fourth-order valence-electron chi connectivity index (χ4n) is 6.72. The molecule has 4 nitrogen and oxygen atoms in total. The Kier molecular flexibility index (Phi) is 6.27. The zero-order valence-electron chi connectivity index (χ0n) is 19.4. The SMILES string of the molecule is CCOC(OC)Oc1ccc(C#Cc2ccc([C]=O)cc2)cc1C12CC3CC(CC(C3)C1)C2. The summed E-state index contributed by atoms with van der Waals surface area (Å²) >= 11 is 0. The van der Waals surface area contributed by atoms with Gasteiger partial charge in [-0.25, -0.2) is 0 Å². The first-order chi connectivity index (χ1) is 16.1. The average Bonchev–Trinajstić information content (AvgIpc) is 2.82. The molecule has 6 rings (SSSR count). The molecular weight excluding hydrogens is 412 g/mol. The van der Waals surface area contributed by atoms with Crippen LogP contribution in [0.2, 0.25) is 0 Å². The largest absolute Gasteiger partial charge is 0.441 e. The Morgan fingerprint density at radius 2 is 1.48 bits per heavy atom. The van der Waals surface area contributed by atoms with Crippen molar-refractivity contribution in [2.75, 3.05) is 13.7 Å². The molecule has 1 unspecified atom stereocenters. The van der Waals surface area contributed by atoms with E-state index in [-0.39, 0.29) is 5.41 Å². The minimum atomic E-state index is -0.715. The van der Waals surface area contributed by atoms with Crippen molar-refractivity contribution in [3.8, 4) is 17.6 Å². The third-order valence-corrected chi connectivity index (χ3v) is 7.66. The third-order valence-electron chi connectivity index (χ3n) is 7.66. The van der Waals surface area contributed by atoms with Crippen LogP contribution in [0.5, 0.6) is 5.75 Å². The van der Waals surface area contributed by atoms with Crippen LogP contribution in [0, 0.1) is 29.6 Å². The predicted octanol–water partition coefficient (Wildman–Crippen LogP) is 5.36. The zero-order valence-corrected chi connectivity index (χ0v) is 19.4. The molecule has 0 amide bonds. The number of hydrogen-bond acceptors (Lipinski definition) is 4. The molecule has 4 fully saturated rings. The fraction of sp³-hybridized carbons (Fsp3) is 0.483. The van der Waals surface area contributed by atoms with E-state index in [1.165, 1.54) is 44.1 Å². The Morgan fingerprint density at radius 3 is 2.06 bits per heavy atom. The average molecular weight is 444 g/mol. The van der Waals surface area contributed by atoms with Crippen molar-refractivity contribution in [2.24, 2.45) is 17.8 Å². The summed E-state index contributed by atoms with van der Waals surface area (Å²) in [5.41, 5.74) is 3.81. The molecule has 1 atom stereocenters. The lowest BCUT2D eigenvalue weighted by Gasteiger charge is -2.57. The van der Waals surface area contributed by atoms with Crippen molar-refractivity contribution in [3.63, 3.8) is 0 Å².